The highest BCUT2D eigenvalue weighted by atomic mass is 19.4. The zero-order valence-electron chi connectivity index (χ0n) is 6.11. The second-order valence-corrected chi connectivity index (χ2v) is 2.25. The van der Waals surface area contributed by atoms with Gasteiger partial charge in [-0.05, 0) is 6.07 Å². The van der Waals surface area contributed by atoms with Crippen LogP contribution in [0.1, 0.15) is 23.0 Å². The Hall–Kier alpha value is -1.26. The largest absolute Gasteiger partial charge is 0.461 e. The van der Waals surface area contributed by atoms with Crippen LogP contribution in [0.2, 0.25) is 0 Å². The Balaban J connectivity index is 3.00. The quantitative estimate of drug-likeness (QED) is 0.618. The summed E-state index contributed by atoms with van der Waals surface area (Å²) in [6, 6.07) is 0.683. The third-order valence-corrected chi connectivity index (χ3v) is 1.27. The molecule has 0 saturated heterocycles. The topological polar surface area (TPSA) is 30.2 Å². The number of rotatable bonds is 1. The van der Waals surface area contributed by atoms with Crippen molar-refractivity contribution in [3.05, 3.63) is 23.7 Å². The van der Waals surface area contributed by atoms with Gasteiger partial charge in [0.15, 0.2) is 11.5 Å². The minimum atomic E-state index is -4.45. The van der Waals surface area contributed by atoms with E-state index in [1.165, 1.54) is 0 Å². The Labute approximate surface area is 66.0 Å². The number of Topliss-reactive ketones (excluding diaryl/α,β-unsaturated/α-hetero) is 1. The van der Waals surface area contributed by atoms with Gasteiger partial charge in [0.1, 0.15) is 6.26 Å². The van der Waals surface area contributed by atoms with Gasteiger partial charge >= 0.3 is 6.18 Å². The lowest BCUT2D eigenvalue weighted by Crippen LogP contribution is -2.02. The van der Waals surface area contributed by atoms with Gasteiger partial charge in [-0.2, -0.15) is 13.2 Å². The van der Waals surface area contributed by atoms with E-state index in [0.29, 0.717) is 12.3 Å². The second-order valence-electron chi connectivity index (χ2n) is 2.25. The maximum atomic E-state index is 11.9. The molecule has 5 heteroatoms. The molecule has 0 aromatic carbocycles. The van der Waals surface area contributed by atoms with Crippen LogP contribution in [0.3, 0.4) is 0 Å². The highest BCUT2D eigenvalue weighted by molar-refractivity contribution is 5.91. The number of carbonyl (C=O) groups is 1. The zero-order valence-corrected chi connectivity index (χ0v) is 6.11. The Morgan fingerprint density at radius 3 is 2.33 bits per heavy atom. The highest BCUT2D eigenvalue weighted by Crippen LogP contribution is 2.30. The summed E-state index contributed by atoms with van der Waals surface area (Å²) in [6.07, 6.45) is -3.92. The SMILES string of the molecule is CC(=O)c1cc(C(F)(F)F)co1. The van der Waals surface area contributed by atoms with Crippen LogP contribution in [0.4, 0.5) is 13.2 Å². The number of halogens is 3. The van der Waals surface area contributed by atoms with Crippen LogP contribution in [-0.2, 0) is 6.18 Å². The van der Waals surface area contributed by atoms with Crippen LogP contribution in [0, 0.1) is 0 Å². The number of alkyl halides is 3. The molecule has 0 unspecified atom stereocenters. The number of ketones is 1. The maximum absolute atomic E-state index is 11.9. The minimum Gasteiger partial charge on any atom is -0.461 e. The monoisotopic (exact) mass is 178 g/mol. The van der Waals surface area contributed by atoms with E-state index in [1.807, 2.05) is 0 Å². The second kappa shape index (κ2) is 2.66. The number of carbonyl (C=O) groups excluding carboxylic acids is 1. The van der Waals surface area contributed by atoms with E-state index >= 15 is 0 Å². The summed E-state index contributed by atoms with van der Waals surface area (Å²) in [5.41, 5.74) is -0.937. The summed E-state index contributed by atoms with van der Waals surface area (Å²) >= 11 is 0. The first-order valence-corrected chi connectivity index (χ1v) is 3.08. The first-order valence-electron chi connectivity index (χ1n) is 3.08. The normalized spacial score (nSPS) is 11.7. The smallest absolute Gasteiger partial charge is 0.419 e. The van der Waals surface area contributed by atoms with Crippen molar-refractivity contribution in [1.29, 1.82) is 0 Å². The lowest BCUT2D eigenvalue weighted by Gasteiger charge is -1.99. The summed E-state index contributed by atoms with van der Waals surface area (Å²) in [7, 11) is 0. The van der Waals surface area contributed by atoms with Gasteiger partial charge < -0.3 is 4.42 Å². The standard InChI is InChI=1S/C7H5F3O2/c1-4(11)6-2-5(3-12-6)7(8,9)10/h2-3H,1H3. The van der Waals surface area contributed by atoms with E-state index in [0.717, 1.165) is 6.92 Å². The lowest BCUT2D eigenvalue weighted by atomic mass is 10.2. The molecule has 0 amide bonds. The highest BCUT2D eigenvalue weighted by Gasteiger charge is 2.32. The molecule has 1 heterocycles. The number of furan rings is 1. The van der Waals surface area contributed by atoms with E-state index in [9.17, 15) is 18.0 Å². The zero-order chi connectivity index (χ0) is 9.35. The summed E-state index contributed by atoms with van der Waals surface area (Å²) in [4.78, 5) is 10.5. The molecule has 1 aromatic rings. The fraction of sp³-hybridized carbons (Fsp3) is 0.286. The molecule has 2 nitrogen and oxygen atoms in total. The Morgan fingerprint density at radius 1 is 1.50 bits per heavy atom. The Morgan fingerprint density at radius 2 is 2.08 bits per heavy atom. The van der Waals surface area contributed by atoms with E-state index in [4.69, 9.17) is 0 Å². The molecule has 0 bridgehead atoms. The van der Waals surface area contributed by atoms with Gasteiger partial charge in [-0.15, -0.1) is 0 Å². The molecule has 0 aliphatic rings. The predicted molar refractivity (Wildman–Crippen MR) is 33.7 cm³/mol. The molecule has 0 aliphatic heterocycles. The maximum Gasteiger partial charge on any atom is 0.419 e. The summed E-state index contributed by atoms with van der Waals surface area (Å²) < 4.78 is 40.1. The molecule has 1 aromatic heterocycles. The third-order valence-electron chi connectivity index (χ3n) is 1.27. The van der Waals surface area contributed by atoms with E-state index in [1.54, 1.807) is 0 Å². The van der Waals surface area contributed by atoms with Crippen molar-refractivity contribution in [2.45, 2.75) is 13.1 Å². The molecular formula is C7H5F3O2. The molecule has 0 N–H and O–H groups in total. The van der Waals surface area contributed by atoms with Gasteiger partial charge in [0.05, 0.1) is 5.56 Å². The lowest BCUT2D eigenvalue weighted by molar-refractivity contribution is -0.137. The Kier molecular flexibility index (Phi) is 1.95. The molecule has 0 spiro atoms. The van der Waals surface area contributed by atoms with Gasteiger partial charge in [0, 0.05) is 6.92 Å². The molecule has 0 aliphatic carbocycles. The predicted octanol–water partition coefficient (Wildman–Crippen LogP) is 2.50. The number of hydrogen-bond acceptors (Lipinski definition) is 2. The van der Waals surface area contributed by atoms with Crippen LogP contribution in [0.5, 0.6) is 0 Å². The van der Waals surface area contributed by atoms with Crippen molar-refractivity contribution in [3.8, 4) is 0 Å². The van der Waals surface area contributed by atoms with E-state index in [-0.39, 0.29) is 5.76 Å². The van der Waals surface area contributed by atoms with Crippen molar-refractivity contribution >= 4 is 5.78 Å². The van der Waals surface area contributed by atoms with Gasteiger partial charge in [0.25, 0.3) is 0 Å². The van der Waals surface area contributed by atoms with Crippen LogP contribution >= 0.6 is 0 Å². The van der Waals surface area contributed by atoms with Gasteiger partial charge in [-0.25, -0.2) is 0 Å². The molecule has 0 saturated carbocycles. The molecule has 0 fully saturated rings. The Bertz CT molecular complexity index is 298. The molecule has 12 heavy (non-hydrogen) atoms. The van der Waals surface area contributed by atoms with Gasteiger partial charge in [-0.1, -0.05) is 0 Å². The fourth-order valence-corrected chi connectivity index (χ4v) is 0.670. The summed E-state index contributed by atoms with van der Waals surface area (Å²) in [6.45, 7) is 1.14. The van der Waals surface area contributed by atoms with E-state index < -0.39 is 17.5 Å². The van der Waals surface area contributed by atoms with Crippen LogP contribution in [0.25, 0.3) is 0 Å². The van der Waals surface area contributed by atoms with E-state index in [2.05, 4.69) is 4.42 Å². The van der Waals surface area contributed by atoms with Crippen molar-refractivity contribution in [2.24, 2.45) is 0 Å². The minimum absolute atomic E-state index is 0.276. The molecule has 66 valence electrons. The average Bonchev–Trinajstić information content (AvgIpc) is 2.30. The van der Waals surface area contributed by atoms with Crippen LogP contribution in [-0.4, -0.2) is 5.78 Å². The molecular weight excluding hydrogens is 173 g/mol. The summed E-state index contributed by atoms with van der Waals surface area (Å²) in [5.74, 6) is -0.798. The van der Waals surface area contributed by atoms with Crippen molar-refractivity contribution < 1.29 is 22.4 Å². The van der Waals surface area contributed by atoms with Crippen LogP contribution < -0.4 is 0 Å². The van der Waals surface area contributed by atoms with Crippen molar-refractivity contribution in [3.63, 3.8) is 0 Å². The van der Waals surface area contributed by atoms with Crippen molar-refractivity contribution in [1.82, 2.24) is 0 Å². The first kappa shape index (κ1) is 8.83. The van der Waals surface area contributed by atoms with Gasteiger partial charge in [0.2, 0.25) is 0 Å². The first-order chi connectivity index (χ1) is 5.41. The molecule has 0 radical (unpaired) electrons. The third kappa shape index (κ3) is 1.66. The fourth-order valence-electron chi connectivity index (χ4n) is 0.670. The van der Waals surface area contributed by atoms with Crippen molar-refractivity contribution in [2.75, 3.05) is 0 Å². The molecule has 0 atom stereocenters. The van der Waals surface area contributed by atoms with Crippen LogP contribution in [0.15, 0.2) is 16.7 Å². The molecule has 1 rings (SSSR count). The average molecular weight is 178 g/mol. The summed E-state index contributed by atoms with van der Waals surface area (Å²) in [5, 5.41) is 0. The number of hydrogen-bond donors (Lipinski definition) is 0. The van der Waals surface area contributed by atoms with Gasteiger partial charge in [-0.3, -0.25) is 4.79 Å².